The number of ether oxygens (including phenoxy) is 1. The van der Waals surface area contributed by atoms with Gasteiger partial charge in [-0.25, -0.2) is 8.78 Å². The van der Waals surface area contributed by atoms with Crippen LogP contribution in [0.2, 0.25) is 5.02 Å². The lowest BCUT2D eigenvalue weighted by Crippen LogP contribution is -2.28. The van der Waals surface area contributed by atoms with E-state index >= 15 is 0 Å². The van der Waals surface area contributed by atoms with Gasteiger partial charge >= 0.3 is 0 Å². The van der Waals surface area contributed by atoms with Crippen LogP contribution in [0.5, 0.6) is 5.75 Å². The number of carbonyl (C=O) groups excluding carboxylic acids is 1. The maximum atomic E-state index is 13.4. The summed E-state index contributed by atoms with van der Waals surface area (Å²) in [6, 6.07) is 9.74. The lowest BCUT2D eigenvalue weighted by molar-refractivity contribution is -0.123. The molecule has 6 heteroatoms. The van der Waals surface area contributed by atoms with Gasteiger partial charge in [0.2, 0.25) is 0 Å². The Morgan fingerprint density at radius 3 is 2.52 bits per heavy atom. The number of hydrogen-bond acceptors (Lipinski definition) is 2. The van der Waals surface area contributed by atoms with E-state index in [1.54, 1.807) is 24.3 Å². The molecular weight excluding hydrogens is 300 g/mol. The van der Waals surface area contributed by atoms with Gasteiger partial charge in [0.1, 0.15) is 17.4 Å². The zero-order valence-corrected chi connectivity index (χ0v) is 11.7. The molecule has 0 aliphatic heterocycles. The first-order valence-electron chi connectivity index (χ1n) is 6.13. The fraction of sp³-hybridized carbons (Fsp3) is 0.133. The van der Waals surface area contributed by atoms with E-state index in [4.69, 9.17) is 16.3 Å². The Labute approximate surface area is 125 Å². The molecule has 0 spiro atoms. The van der Waals surface area contributed by atoms with Crippen LogP contribution in [0.15, 0.2) is 42.5 Å². The smallest absolute Gasteiger partial charge is 0.258 e. The molecule has 110 valence electrons. The minimum atomic E-state index is -0.700. The summed E-state index contributed by atoms with van der Waals surface area (Å²) < 4.78 is 31.3. The van der Waals surface area contributed by atoms with Crippen LogP contribution in [-0.2, 0) is 11.3 Å². The molecule has 0 atom stereocenters. The van der Waals surface area contributed by atoms with Crippen molar-refractivity contribution in [1.29, 1.82) is 0 Å². The Morgan fingerprint density at radius 2 is 1.86 bits per heavy atom. The number of hydrogen-bond donors (Lipinski definition) is 1. The number of benzene rings is 2. The van der Waals surface area contributed by atoms with Crippen molar-refractivity contribution < 1.29 is 18.3 Å². The van der Waals surface area contributed by atoms with E-state index in [0.717, 1.165) is 12.1 Å². The number of halogens is 3. The molecule has 0 heterocycles. The third kappa shape index (κ3) is 4.72. The van der Waals surface area contributed by atoms with Crippen LogP contribution in [0, 0.1) is 11.6 Å². The molecule has 2 aromatic carbocycles. The molecule has 1 N–H and O–H groups in total. The maximum Gasteiger partial charge on any atom is 0.258 e. The predicted molar refractivity (Wildman–Crippen MR) is 75.2 cm³/mol. The van der Waals surface area contributed by atoms with E-state index in [1.807, 2.05) is 0 Å². The average molecular weight is 312 g/mol. The van der Waals surface area contributed by atoms with Gasteiger partial charge < -0.3 is 10.1 Å². The van der Waals surface area contributed by atoms with Gasteiger partial charge in [0.05, 0.1) is 0 Å². The third-order valence-corrected chi connectivity index (χ3v) is 2.93. The Balaban J connectivity index is 1.80. The summed E-state index contributed by atoms with van der Waals surface area (Å²) in [5.74, 6) is -1.27. The van der Waals surface area contributed by atoms with E-state index in [9.17, 15) is 13.6 Å². The molecule has 0 saturated heterocycles. The van der Waals surface area contributed by atoms with Crippen molar-refractivity contribution in [3.63, 3.8) is 0 Å². The fourth-order valence-corrected chi connectivity index (χ4v) is 1.72. The molecule has 0 aromatic heterocycles. The van der Waals surface area contributed by atoms with Gasteiger partial charge in [0.25, 0.3) is 5.91 Å². The second-order valence-corrected chi connectivity index (χ2v) is 4.69. The second-order valence-electron chi connectivity index (χ2n) is 4.26. The minimum absolute atomic E-state index is 0.0328. The maximum absolute atomic E-state index is 13.4. The summed E-state index contributed by atoms with van der Waals surface area (Å²) in [4.78, 5) is 11.6. The Morgan fingerprint density at radius 1 is 1.14 bits per heavy atom. The highest BCUT2D eigenvalue weighted by molar-refractivity contribution is 6.30. The van der Waals surface area contributed by atoms with E-state index in [-0.39, 0.29) is 18.7 Å². The van der Waals surface area contributed by atoms with Crippen LogP contribution in [0.1, 0.15) is 5.56 Å². The van der Waals surface area contributed by atoms with Gasteiger partial charge in [-0.3, -0.25) is 4.79 Å². The molecule has 0 bridgehead atoms. The van der Waals surface area contributed by atoms with Crippen molar-refractivity contribution in [2.45, 2.75) is 6.54 Å². The van der Waals surface area contributed by atoms with Gasteiger partial charge in [-0.2, -0.15) is 0 Å². The standard InChI is InChI=1S/C15H12ClF2NO2/c16-11-2-5-13(6-3-11)21-9-15(20)19-8-10-1-4-12(17)7-14(10)18/h1-7H,8-9H2,(H,19,20). The largest absolute Gasteiger partial charge is 0.484 e. The molecule has 0 unspecified atom stereocenters. The van der Waals surface area contributed by atoms with Crippen LogP contribution in [0.25, 0.3) is 0 Å². The molecule has 0 saturated carbocycles. The molecular formula is C15H12ClF2NO2. The number of nitrogens with one attached hydrogen (secondary N) is 1. The highest BCUT2D eigenvalue weighted by Gasteiger charge is 2.07. The van der Waals surface area contributed by atoms with Gasteiger partial charge in [-0.1, -0.05) is 17.7 Å². The Kier molecular flexibility index (Phi) is 5.11. The quantitative estimate of drug-likeness (QED) is 0.920. The van der Waals surface area contributed by atoms with Crippen molar-refractivity contribution in [2.24, 2.45) is 0 Å². The molecule has 3 nitrogen and oxygen atoms in total. The van der Waals surface area contributed by atoms with Gasteiger partial charge in [0.15, 0.2) is 6.61 Å². The average Bonchev–Trinajstić information content (AvgIpc) is 2.46. The number of carbonyl (C=O) groups is 1. The molecule has 0 aliphatic rings. The third-order valence-electron chi connectivity index (χ3n) is 2.67. The molecule has 1 amide bonds. The zero-order chi connectivity index (χ0) is 15.2. The second kappa shape index (κ2) is 7.04. The van der Waals surface area contributed by atoms with Crippen molar-refractivity contribution >= 4 is 17.5 Å². The van der Waals surface area contributed by atoms with Crippen molar-refractivity contribution in [3.05, 3.63) is 64.7 Å². The van der Waals surface area contributed by atoms with Crippen LogP contribution in [0.3, 0.4) is 0 Å². The molecule has 0 aliphatic carbocycles. The van der Waals surface area contributed by atoms with E-state index in [1.165, 1.54) is 6.07 Å². The molecule has 2 aromatic rings. The predicted octanol–water partition coefficient (Wildman–Crippen LogP) is 3.31. The van der Waals surface area contributed by atoms with Crippen LogP contribution >= 0.6 is 11.6 Å². The molecule has 2 rings (SSSR count). The van der Waals surface area contributed by atoms with E-state index in [2.05, 4.69) is 5.32 Å². The Hall–Kier alpha value is -2.14. The van der Waals surface area contributed by atoms with Crippen LogP contribution in [-0.4, -0.2) is 12.5 Å². The summed E-state index contributed by atoms with van der Waals surface area (Å²) >= 11 is 5.72. The first kappa shape index (κ1) is 15.3. The summed E-state index contributed by atoms with van der Waals surface area (Å²) in [5.41, 5.74) is 0.205. The first-order valence-corrected chi connectivity index (χ1v) is 6.51. The summed E-state index contributed by atoms with van der Waals surface area (Å²) in [7, 11) is 0. The van der Waals surface area contributed by atoms with E-state index < -0.39 is 17.5 Å². The highest BCUT2D eigenvalue weighted by Crippen LogP contribution is 2.15. The minimum Gasteiger partial charge on any atom is -0.484 e. The lowest BCUT2D eigenvalue weighted by Gasteiger charge is -2.08. The summed E-state index contributed by atoms with van der Waals surface area (Å²) in [6.45, 7) is -0.237. The topological polar surface area (TPSA) is 38.3 Å². The van der Waals surface area contributed by atoms with E-state index in [0.29, 0.717) is 10.8 Å². The van der Waals surface area contributed by atoms with Gasteiger partial charge in [0, 0.05) is 23.2 Å². The van der Waals surface area contributed by atoms with Crippen LogP contribution < -0.4 is 10.1 Å². The Bertz CT molecular complexity index is 632. The molecule has 0 fully saturated rings. The van der Waals surface area contributed by atoms with Crippen molar-refractivity contribution in [2.75, 3.05) is 6.61 Å². The van der Waals surface area contributed by atoms with Crippen molar-refractivity contribution in [3.8, 4) is 5.75 Å². The normalized spacial score (nSPS) is 10.2. The van der Waals surface area contributed by atoms with Gasteiger partial charge in [-0.15, -0.1) is 0 Å². The van der Waals surface area contributed by atoms with Crippen LogP contribution in [0.4, 0.5) is 8.78 Å². The van der Waals surface area contributed by atoms with Crippen molar-refractivity contribution in [1.82, 2.24) is 5.32 Å². The summed E-state index contributed by atoms with van der Waals surface area (Å²) in [5, 5.41) is 3.06. The number of rotatable bonds is 5. The zero-order valence-electron chi connectivity index (χ0n) is 10.9. The highest BCUT2D eigenvalue weighted by atomic mass is 35.5. The molecule has 0 radical (unpaired) electrons. The number of amides is 1. The monoisotopic (exact) mass is 311 g/mol. The fourth-order valence-electron chi connectivity index (χ4n) is 1.59. The van der Waals surface area contributed by atoms with Gasteiger partial charge in [-0.05, 0) is 30.3 Å². The summed E-state index contributed by atoms with van der Waals surface area (Å²) in [6.07, 6.45) is 0. The first-order chi connectivity index (χ1) is 10.0. The lowest BCUT2D eigenvalue weighted by atomic mass is 10.2. The molecule has 21 heavy (non-hydrogen) atoms. The SMILES string of the molecule is O=C(COc1ccc(Cl)cc1)NCc1ccc(F)cc1F.